The summed E-state index contributed by atoms with van der Waals surface area (Å²) in [7, 11) is 0. The van der Waals surface area contributed by atoms with Crippen molar-refractivity contribution in [1.82, 2.24) is 0 Å². The van der Waals surface area contributed by atoms with E-state index in [0.717, 1.165) is 10.0 Å². The third kappa shape index (κ3) is 3.00. The van der Waals surface area contributed by atoms with Crippen molar-refractivity contribution in [3.8, 4) is 0 Å². The summed E-state index contributed by atoms with van der Waals surface area (Å²) >= 11 is 18.8. The summed E-state index contributed by atoms with van der Waals surface area (Å²) in [6.07, 6.45) is 0. The van der Waals surface area contributed by atoms with E-state index in [1.165, 1.54) is 0 Å². The van der Waals surface area contributed by atoms with Crippen LogP contribution in [0.25, 0.3) is 0 Å². The van der Waals surface area contributed by atoms with Crippen molar-refractivity contribution in [3.05, 3.63) is 32.2 Å². The van der Waals surface area contributed by atoms with Gasteiger partial charge in [0.15, 0.2) is 0 Å². The average molecular weight is 389 g/mol. The summed E-state index contributed by atoms with van der Waals surface area (Å²) in [4.78, 5) is 11.0. The molecule has 0 fully saturated rings. The summed E-state index contributed by atoms with van der Waals surface area (Å²) < 4.78 is 0.754. The van der Waals surface area contributed by atoms with Crippen molar-refractivity contribution in [2.24, 2.45) is 0 Å². The van der Waals surface area contributed by atoms with Gasteiger partial charge in [-0.3, -0.25) is 4.79 Å². The Morgan fingerprint density at radius 2 is 1.88 bits per heavy atom. The second-order valence-electron chi connectivity index (χ2n) is 3.57. The molecule has 1 nitrogen and oxygen atoms in total. The number of rotatable bonds is 3. The van der Waals surface area contributed by atoms with Crippen LogP contribution in [0.4, 0.5) is 0 Å². The molecule has 0 N–H and O–H groups in total. The first-order valence-corrected chi connectivity index (χ1v) is 7.10. The highest BCUT2D eigenvalue weighted by Gasteiger charge is 2.23. The summed E-state index contributed by atoms with van der Waals surface area (Å²) in [5.74, 6) is 0.0539. The fraction of sp³-hybridized carbons (Fsp3) is 0.364. The molecule has 0 bridgehead atoms. The molecule has 0 aliphatic rings. The van der Waals surface area contributed by atoms with Gasteiger partial charge in [0.1, 0.15) is 5.78 Å². The minimum atomic E-state index is -0.248. The van der Waals surface area contributed by atoms with E-state index in [1.807, 2.05) is 19.1 Å². The molecule has 1 rings (SSSR count). The van der Waals surface area contributed by atoms with Crippen LogP contribution in [0, 0.1) is 0 Å². The highest BCUT2D eigenvalue weighted by molar-refractivity contribution is 9.10. The van der Waals surface area contributed by atoms with Gasteiger partial charge in [0.05, 0.1) is 14.9 Å². The molecule has 16 heavy (non-hydrogen) atoms. The Morgan fingerprint density at radius 1 is 1.31 bits per heavy atom. The van der Waals surface area contributed by atoms with Gasteiger partial charge >= 0.3 is 0 Å². The molecule has 0 saturated carbocycles. The van der Waals surface area contributed by atoms with Gasteiger partial charge in [0, 0.05) is 10.4 Å². The van der Waals surface area contributed by atoms with E-state index in [2.05, 4.69) is 31.9 Å². The Labute approximate surface area is 122 Å². The topological polar surface area (TPSA) is 17.1 Å². The molecule has 2 unspecified atom stereocenters. The Hall–Kier alpha value is 0.430. The molecule has 1 aromatic carbocycles. The zero-order chi connectivity index (χ0) is 12.5. The Kier molecular flexibility index (Phi) is 5.30. The third-order valence-electron chi connectivity index (χ3n) is 2.38. The van der Waals surface area contributed by atoms with Crippen molar-refractivity contribution in [2.45, 2.75) is 24.6 Å². The van der Waals surface area contributed by atoms with E-state index in [-0.39, 0.29) is 16.5 Å². The molecule has 0 saturated heterocycles. The molecule has 0 aliphatic heterocycles. The van der Waals surface area contributed by atoms with Gasteiger partial charge < -0.3 is 0 Å². The second-order valence-corrected chi connectivity index (χ2v) is 6.16. The SMILES string of the molecule is CC(=O)C(Br)C(C)c1ccc(Br)c(Cl)c1Cl. The molecular formula is C11H10Br2Cl2O. The molecule has 2 atom stereocenters. The number of ketones is 1. The van der Waals surface area contributed by atoms with E-state index < -0.39 is 0 Å². The lowest BCUT2D eigenvalue weighted by Gasteiger charge is -2.18. The normalized spacial score (nSPS) is 14.6. The van der Waals surface area contributed by atoms with Crippen molar-refractivity contribution in [2.75, 3.05) is 0 Å². The number of carbonyl (C=O) groups is 1. The number of hydrogen-bond donors (Lipinski definition) is 0. The molecule has 0 amide bonds. The molecule has 5 heteroatoms. The first-order valence-electron chi connectivity index (χ1n) is 4.64. The van der Waals surface area contributed by atoms with Crippen molar-refractivity contribution >= 4 is 60.8 Å². The standard InChI is InChI=1S/C11H10Br2Cl2O/c1-5(9(13)6(2)16)7-3-4-8(12)11(15)10(7)14/h3-5,9H,1-2H3. The predicted molar refractivity (Wildman–Crippen MR) is 76.0 cm³/mol. The highest BCUT2D eigenvalue weighted by atomic mass is 79.9. The lowest BCUT2D eigenvalue weighted by molar-refractivity contribution is -0.116. The third-order valence-corrected chi connectivity index (χ3v) is 5.61. The monoisotopic (exact) mass is 386 g/mol. The van der Waals surface area contributed by atoms with Crippen LogP contribution in [0.1, 0.15) is 25.3 Å². The minimum absolute atomic E-state index is 0.0180. The van der Waals surface area contributed by atoms with Crippen LogP contribution in [-0.2, 0) is 4.79 Å². The van der Waals surface area contributed by atoms with E-state index in [1.54, 1.807) is 6.92 Å². The highest BCUT2D eigenvalue weighted by Crippen LogP contribution is 2.38. The van der Waals surface area contributed by atoms with Gasteiger partial charge in [-0.25, -0.2) is 0 Å². The predicted octanol–water partition coefficient (Wildman–Crippen LogP) is 5.21. The van der Waals surface area contributed by atoms with E-state index in [4.69, 9.17) is 23.2 Å². The zero-order valence-electron chi connectivity index (χ0n) is 8.73. The Morgan fingerprint density at radius 3 is 2.38 bits per heavy atom. The molecule has 0 heterocycles. The van der Waals surface area contributed by atoms with E-state index in [0.29, 0.717) is 10.0 Å². The van der Waals surface area contributed by atoms with Crippen molar-refractivity contribution in [1.29, 1.82) is 0 Å². The van der Waals surface area contributed by atoms with Crippen LogP contribution < -0.4 is 0 Å². The molecule has 88 valence electrons. The maximum atomic E-state index is 11.3. The lowest BCUT2D eigenvalue weighted by atomic mass is 9.96. The molecule has 0 spiro atoms. The van der Waals surface area contributed by atoms with Crippen LogP contribution in [0.15, 0.2) is 16.6 Å². The second kappa shape index (κ2) is 5.85. The van der Waals surface area contributed by atoms with E-state index >= 15 is 0 Å². The maximum Gasteiger partial charge on any atom is 0.144 e. The van der Waals surface area contributed by atoms with Crippen LogP contribution in [0.2, 0.25) is 10.0 Å². The number of benzene rings is 1. The summed E-state index contributed by atoms with van der Waals surface area (Å²) in [5, 5.41) is 0.975. The lowest BCUT2D eigenvalue weighted by Crippen LogP contribution is -2.17. The van der Waals surface area contributed by atoms with Crippen LogP contribution in [-0.4, -0.2) is 10.6 Å². The van der Waals surface area contributed by atoms with Crippen molar-refractivity contribution < 1.29 is 4.79 Å². The van der Waals surface area contributed by atoms with Gasteiger partial charge in [-0.15, -0.1) is 0 Å². The summed E-state index contributed by atoms with van der Waals surface area (Å²) in [6.45, 7) is 3.48. The van der Waals surface area contributed by atoms with Crippen molar-refractivity contribution in [3.63, 3.8) is 0 Å². The van der Waals surface area contributed by atoms with Gasteiger partial charge in [0.2, 0.25) is 0 Å². The van der Waals surface area contributed by atoms with Gasteiger partial charge in [0.25, 0.3) is 0 Å². The number of hydrogen-bond acceptors (Lipinski definition) is 1. The fourth-order valence-corrected chi connectivity index (χ4v) is 2.64. The summed E-state index contributed by atoms with van der Waals surface area (Å²) in [5.41, 5.74) is 0.868. The number of Topliss-reactive ketones (excluding diaryl/α,β-unsaturated/α-hetero) is 1. The quantitative estimate of drug-likeness (QED) is 0.513. The molecule has 1 aromatic rings. The Bertz CT molecular complexity index is 421. The number of carbonyl (C=O) groups excluding carboxylic acids is 1. The van der Waals surface area contributed by atoms with Crippen LogP contribution in [0.5, 0.6) is 0 Å². The van der Waals surface area contributed by atoms with Gasteiger partial charge in [-0.1, -0.05) is 52.1 Å². The fourth-order valence-electron chi connectivity index (χ4n) is 1.40. The van der Waals surface area contributed by atoms with Gasteiger partial charge in [-0.2, -0.15) is 0 Å². The largest absolute Gasteiger partial charge is 0.299 e. The smallest absolute Gasteiger partial charge is 0.144 e. The number of halogens is 4. The Balaban J connectivity index is 3.14. The minimum Gasteiger partial charge on any atom is -0.299 e. The maximum absolute atomic E-state index is 11.3. The molecule has 0 aromatic heterocycles. The van der Waals surface area contributed by atoms with Crippen LogP contribution >= 0.6 is 55.1 Å². The van der Waals surface area contributed by atoms with E-state index in [9.17, 15) is 4.79 Å². The van der Waals surface area contributed by atoms with Crippen LogP contribution in [0.3, 0.4) is 0 Å². The average Bonchev–Trinajstić information content (AvgIpc) is 2.24. The van der Waals surface area contributed by atoms with Gasteiger partial charge in [-0.05, 0) is 34.5 Å². The molecule has 0 aliphatic carbocycles. The zero-order valence-corrected chi connectivity index (χ0v) is 13.4. The number of alkyl halides is 1. The summed E-state index contributed by atoms with van der Waals surface area (Å²) in [6, 6.07) is 3.71. The molecule has 0 radical (unpaired) electrons. The first kappa shape index (κ1) is 14.5. The molecular weight excluding hydrogens is 379 g/mol. The first-order chi connectivity index (χ1) is 7.36.